The average Bonchev–Trinajstić information content (AvgIpc) is 2.88. The third-order valence-corrected chi connectivity index (χ3v) is 3.34. The Labute approximate surface area is 109 Å². The molecule has 0 saturated carbocycles. The van der Waals surface area contributed by atoms with Crippen molar-refractivity contribution in [1.82, 2.24) is 10.6 Å². The fourth-order valence-corrected chi connectivity index (χ4v) is 2.21. The molecule has 0 radical (unpaired) electrons. The van der Waals surface area contributed by atoms with Gasteiger partial charge in [-0.15, -0.1) is 6.42 Å². The van der Waals surface area contributed by atoms with Crippen molar-refractivity contribution in [2.45, 2.75) is 19.9 Å². The highest BCUT2D eigenvalue weighted by atomic mass is 15.1. The van der Waals surface area contributed by atoms with Gasteiger partial charge in [0.2, 0.25) is 0 Å². The predicted octanol–water partition coefficient (Wildman–Crippen LogP) is 1.57. The van der Waals surface area contributed by atoms with Crippen molar-refractivity contribution in [3.05, 3.63) is 34.9 Å². The maximum atomic E-state index is 5.35. The van der Waals surface area contributed by atoms with Crippen LogP contribution in [0.4, 0.5) is 0 Å². The van der Waals surface area contributed by atoms with Crippen LogP contribution < -0.4 is 10.6 Å². The maximum Gasteiger partial charge on any atom is 0.118 e. The summed E-state index contributed by atoms with van der Waals surface area (Å²) in [6.45, 7) is 6.56. The van der Waals surface area contributed by atoms with Crippen LogP contribution in [-0.2, 0) is 0 Å². The van der Waals surface area contributed by atoms with E-state index >= 15 is 0 Å². The third-order valence-electron chi connectivity index (χ3n) is 3.34. The first-order valence-corrected chi connectivity index (χ1v) is 6.25. The molecule has 0 saturated heterocycles. The van der Waals surface area contributed by atoms with Crippen molar-refractivity contribution in [3.63, 3.8) is 0 Å². The first-order chi connectivity index (χ1) is 8.74. The van der Waals surface area contributed by atoms with Gasteiger partial charge in [0.25, 0.3) is 0 Å². The number of rotatable bonds is 4. The molecule has 2 rings (SSSR count). The van der Waals surface area contributed by atoms with Gasteiger partial charge < -0.3 is 5.32 Å². The van der Waals surface area contributed by atoms with Crippen LogP contribution in [0.25, 0.3) is 0 Å². The monoisotopic (exact) mass is 241 g/mol. The minimum absolute atomic E-state index is 0.0726. The summed E-state index contributed by atoms with van der Waals surface area (Å²) in [6.07, 6.45) is 5.35. The summed E-state index contributed by atoms with van der Waals surface area (Å²) in [5, 5.41) is 6.70. The van der Waals surface area contributed by atoms with Gasteiger partial charge in [0.15, 0.2) is 0 Å². The summed E-state index contributed by atoms with van der Waals surface area (Å²) >= 11 is 0. The molecule has 1 aromatic carbocycles. The Morgan fingerprint density at radius 3 is 3.00 bits per heavy atom. The first kappa shape index (κ1) is 12.7. The zero-order valence-corrected chi connectivity index (χ0v) is 11.0. The van der Waals surface area contributed by atoms with Crippen LogP contribution in [0.1, 0.15) is 22.7 Å². The van der Waals surface area contributed by atoms with E-state index < -0.39 is 0 Å². The van der Waals surface area contributed by atoms with Gasteiger partial charge in [-0.05, 0) is 30.5 Å². The van der Waals surface area contributed by atoms with E-state index in [1.807, 2.05) is 0 Å². The van der Waals surface area contributed by atoms with E-state index in [9.17, 15) is 0 Å². The Bertz CT molecular complexity index is 497. The lowest BCUT2D eigenvalue weighted by Crippen LogP contribution is -2.36. The van der Waals surface area contributed by atoms with Crippen LogP contribution in [-0.4, -0.2) is 25.5 Å². The Hall–Kier alpha value is -1.79. The van der Waals surface area contributed by atoms with Gasteiger partial charge in [0, 0.05) is 6.54 Å². The molecule has 0 amide bonds. The van der Waals surface area contributed by atoms with E-state index in [1.54, 1.807) is 0 Å². The molecule has 0 bridgehead atoms. The Morgan fingerprint density at radius 1 is 1.50 bits per heavy atom. The summed E-state index contributed by atoms with van der Waals surface area (Å²) in [7, 11) is 0. The molecule has 0 fully saturated rings. The molecule has 3 heteroatoms. The number of benzene rings is 1. The molecule has 18 heavy (non-hydrogen) atoms. The number of amidine groups is 1. The molecular formula is C15H19N3. The molecule has 94 valence electrons. The van der Waals surface area contributed by atoms with Crippen molar-refractivity contribution in [1.29, 1.82) is 0 Å². The number of aliphatic imine (C=N–C) groups is 1. The van der Waals surface area contributed by atoms with Gasteiger partial charge in [-0.2, -0.15) is 0 Å². The van der Waals surface area contributed by atoms with Gasteiger partial charge in [0.1, 0.15) is 5.84 Å². The number of hydrogen-bond donors (Lipinski definition) is 2. The van der Waals surface area contributed by atoms with Gasteiger partial charge in [-0.3, -0.25) is 10.3 Å². The average molecular weight is 241 g/mol. The topological polar surface area (TPSA) is 36.4 Å². The minimum Gasteiger partial charge on any atom is -0.370 e. The summed E-state index contributed by atoms with van der Waals surface area (Å²) < 4.78 is 0. The summed E-state index contributed by atoms with van der Waals surface area (Å²) in [5.74, 6) is 3.63. The van der Waals surface area contributed by atoms with Crippen molar-refractivity contribution in [2.75, 3.05) is 19.6 Å². The molecule has 1 aliphatic heterocycles. The SMILES string of the molecule is C#CCNC(C1=NCCN1)c1cccc(C)c1C. The smallest absolute Gasteiger partial charge is 0.118 e. The number of aryl methyl sites for hydroxylation is 1. The molecular weight excluding hydrogens is 222 g/mol. The summed E-state index contributed by atoms with van der Waals surface area (Å²) in [4.78, 5) is 4.51. The van der Waals surface area contributed by atoms with Crippen molar-refractivity contribution >= 4 is 5.84 Å². The van der Waals surface area contributed by atoms with Crippen LogP contribution in [0.3, 0.4) is 0 Å². The highest BCUT2D eigenvalue weighted by molar-refractivity contribution is 5.90. The second kappa shape index (κ2) is 5.70. The van der Waals surface area contributed by atoms with Crippen molar-refractivity contribution in [3.8, 4) is 12.3 Å². The highest BCUT2D eigenvalue weighted by Crippen LogP contribution is 2.22. The molecule has 1 aromatic rings. The minimum atomic E-state index is 0.0726. The predicted molar refractivity (Wildman–Crippen MR) is 75.8 cm³/mol. The van der Waals surface area contributed by atoms with Crippen LogP contribution in [0, 0.1) is 26.2 Å². The molecule has 0 aliphatic carbocycles. The number of nitrogens with one attached hydrogen (secondary N) is 2. The first-order valence-electron chi connectivity index (χ1n) is 6.25. The van der Waals surface area contributed by atoms with Crippen LogP contribution in [0.5, 0.6) is 0 Å². The van der Waals surface area contributed by atoms with Crippen molar-refractivity contribution < 1.29 is 0 Å². The Morgan fingerprint density at radius 2 is 2.33 bits per heavy atom. The molecule has 1 atom stereocenters. The van der Waals surface area contributed by atoms with E-state index in [1.165, 1.54) is 16.7 Å². The largest absolute Gasteiger partial charge is 0.370 e. The molecule has 1 unspecified atom stereocenters. The number of hydrogen-bond acceptors (Lipinski definition) is 3. The number of terminal acetylenes is 1. The fourth-order valence-electron chi connectivity index (χ4n) is 2.21. The lowest BCUT2D eigenvalue weighted by Gasteiger charge is -2.21. The second-order valence-electron chi connectivity index (χ2n) is 4.50. The molecule has 1 heterocycles. The normalized spacial score (nSPS) is 15.7. The Kier molecular flexibility index (Phi) is 4.01. The Balaban J connectivity index is 2.33. The van der Waals surface area contributed by atoms with E-state index in [-0.39, 0.29) is 6.04 Å². The van der Waals surface area contributed by atoms with E-state index in [0.29, 0.717) is 6.54 Å². The van der Waals surface area contributed by atoms with Gasteiger partial charge in [-0.1, -0.05) is 24.1 Å². The van der Waals surface area contributed by atoms with Crippen LogP contribution in [0.2, 0.25) is 0 Å². The second-order valence-corrected chi connectivity index (χ2v) is 4.50. The third kappa shape index (κ3) is 2.55. The molecule has 3 nitrogen and oxygen atoms in total. The van der Waals surface area contributed by atoms with Crippen LogP contribution >= 0.6 is 0 Å². The molecule has 1 aliphatic rings. The quantitative estimate of drug-likeness (QED) is 0.785. The summed E-state index contributed by atoms with van der Waals surface area (Å²) in [5.41, 5.74) is 3.83. The molecule has 2 N–H and O–H groups in total. The standard InChI is InChI=1S/C15H19N3/c1-4-8-16-14(15-17-9-10-18-15)13-7-5-6-11(2)12(13)3/h1,5-7,14,16H,8-10H2,2-3H3,(H,17,18). The van der Waals surface area contributed by atoms with E-state index in [0.717, 1.165) is 18.9 Å². The van der Waals surface area contributed by atoms with Gasteiger partial charge in [-0.25, -0.2) is 0 Å². The van der Waals surface area contributed by atoms with Crippen LogP contribution in [0.15, 0.2) is 23.2 Å². The molecule has 0 aromatic heterocycles. The summed E-state index contributed by atoms with van der Waals surface area (Å²) in [6, 6.07) is 6.42. The maximum absolute atomic E-state index is 5.35. The fraction of sp³-hybridized carbons (Fsp3) is 0.400. The lowest BCUT2D eigenvalue weighted by molar-refractivity contribution is 0.691. The molecule has 0 spiro atoms. The van der Waals surface area contributed by atoms with Crippen molar-refractivity contribution in [2.24, 2.45) is 4.99 Å². The highest BCUT2D eigenvalue weighted by Gasteiger charge is 2.21. The lowest BCUT2D eigenvalue weighted by atomic mass is 9.96. The zero-order valence-electron chi connectivity index (χ0n) is 11.0. The van der Waals surface area contributed by atoms with E-state index in [2.05, 4.69) is 53.6 Å². The van der Waals surface area contributed by atoms with E-state index in [4.69, 9.17) is 6.42 Å². The number of nitrogens with zero attached hydrogens (tertiary/aromatic N) is 1. The van der Waals surface area contributed by atoms with Gasteiger partial charge in [0.05, 0.1) is 19.1 Å². The zero-order chi connectivity index (χ0) is 13.0. The van der Waals surface area contributed by atoms with Gasteiger partial charge >= 0.3 is 0 Å².